The van der Waals surface area contributed by atoms with Crippen molar-refractivity contribution in [2.24, 2.45) is 4.99 Å². The average molecular weight is 335 g/mol. The van der Waals surface area contributed by atoms with Crippen LogP contribution in [0.4, 0.5) is 0 Å². The highest BCUT2D eigenvalue weighted by molar-refractivity contribution is 7.88. The Morgan fingerprint density at radius 1 is 1.23 bits per heavy atom. The summed E-state index contributed by atoms with van der Waals surface area (Å²) in [5.41, 5.74) is -0.610. The average Bonchev–Trinajstić information content (AvgIpc) is 2.34. The number of aliphatic imine (C=N–C) groups is 1. The number of hydrogen-bond donors (Lipinski definition) is 3. The molecule has 3 N–H and O–H groups in total. The number of rotatable bonds is 10. The minimum atomic E-state index is -3.24. The number of nitrogens with one attached hydrogen (secondary N) is 3. The fourth-order valence-corrected chi connectivity index (χ4v) is 3.21. The first-order valence-electron chi connectivity index (χ1n) is 8.13. The lowest BCUT2D eigenvalue weighted by molar-refractivity contribution is 0.463. The molecule has 0 fully saturated rings. The lowest BCUT2D eigenvalue weighted by Crippen LogP contribution is -2.47. The van der Waals surface area contributed by atoms with Gasteiger partial charge >= 0.3 is 0 Å². The van der Waals surface area contributed by atoms with Crippen LogP contribution >= 0.6 is 0 Å². The Bertz CT molecular complexity index is 433. The van der Waals surface area contributed by atoms with Crippen molar-refractivity contribution in [3.05, 3.63) is 0 Å². The number of guanidine groups is 1. The van der Waals surface area contributed by atoms with Crippen LogP contribution < -0.4 is 15.4 Å². The molecule has 0 aromatic carbocycles. The van der Waals surface area contributed by atoms with Crippen molar-refractivity contribution in [2.45, 2.75) is 71.9 Å². The van der Waals surface area contributed by atoms with E-state index >= 15 is 0 Å². The van der Waals surface area contributed by atoms with E-state index in [9.17, 15) is 8.42 Å². The van der Waals surface area contributed by atoms with Crippen molar-refractivity contribution < 1.29 is 8.42 Å². The topological polar surface area (TPSA) is 82.6 Å². The molecule has 7 heteroatoms. The molecule has 0 aromatic rings. The van der Waals surface area contributed by atoms with Gasteiger partial charge in [-0.05, 0) is 34.1 Å². The van der Waals surface area contributed by atoms with Crippen LogP contribution in [-0.4, -0.2) is 45.3 Å². The third-order valence-electron chi connectivity index (χ3n) is 3.06. The second kappa shape index (κ2) is 10.0. The Labute approximate surface area is 136 Å². The van der Waals surface area contributed by atoms with Crippen LogP contribution in [0.3, 0.4) is 0 Å². The highest BCUT2D eigenvalue weighted by Crippen LogP contribution is 2.05. The van der Waals surface area contributed by atoms with Gasteiger partial charge in [0, 0.05) is 18.1 Å². The van der Waals surface area contributed by atoms with E-state index in [4.69, 9.17) is 0 Å². The van der Waals surface area contributed by atoms with Crippen molar-refractivity contribution in [3.8, 4) is 0 Å². The van der Waals surface area contributed by atoms with Gasteiger partial charge in [-0.1, -0.05) is 26.2 Å². The first kappa shape index (κ1) is 21.2. The smallest absolute Gasteiger partial charge is 0.209 e. The summed E-state index contributed by atoms with van der Waals surface area (Å²) in [6.07, 6.45) is 5.92. The number of nitrogens with zero attached hydrogens (tertiary/aromatic N) is 1. The third-order valence-corrected chi connectivity index (χ3v) is 3.99. The zero-order valence-corrected chi connectivity index (χ0v) is 15.8. The van der Waals surface area contributed by atoms with Gasteiger partial charge in [0.2, 0.25) is 10.0 Å². The summed E-state index contributed by atoms with van der Waals surface area (Å²) < 4.78 is 25.3. The molecule has 0 saturated carbocycles. The Kier molecular flexibility index (Phi) is 9.67. The predicted octanol–water partition coefficient (Wildman–Crippen LogP) is 1.84. The Morgan fingerprint density at radius 3 is 2.36 bits per heavy atom. The van der Waals surface area contributed by atoms with E-state index in [-0.39, 0.29) is 0 Å². The van der Waals surface area contributed by atoms with E-state index in [1.54, 1.807) is 0 Å². The molecule has 1 unspecified atom stereocenters. The molecule has 0 aliphatic carbocycles. The maximum atomic E-state index is 11.4. The predicted molar refractivity (Wildman–Crippen MR) is 94.8 cm³/mol. The van der Waals surface area contributed by atoms with Gasteiger partial charge in [-0.15, -0.1) is 0 Å². The first-order chi connectivity index (χ1) is 10.1. The SMILES string of the molecule is CCCCCC(C)NC(=NCC(C)(C)NS(C)(=O)=O)NCC. The van der Waals surface area contributed by atoms with Crippen LogP contribution in [-0.2, 0) is 10.0 Å². The van der Waals surface area contributed by atoms with Crippen molar-refractivity contribution in [1.29, 1.82) is 0 Å². The van der Waals surface area contributed by atoms with Gasteiger partial charge in [0.1, 0.15) is 0 Å². The van der Waals surface area contributed by atoms with Crippen molar-refractivity contribution in [1.82, 2.24) is 15.4 Å². The van der Waals surface area contributed by atoms with E-state index in [1.165, 1.54) is 19.3 Å². The number of hydrogen-bond acceptors (Lipinski definition) is 3. The Morgan fingerprint density at radius 2 is 1.86 bits per heavy atom. The van der Waals surface area contributed by atoms with Crippen molar-refractivity contribution >= 4 is 16.0 Å². The van der Waals surface area contributed by atoms with Crippen LogP contribution in [0.1, 0.15) is 60.3 Å². The van der Waals surface area contributed by atoms with Gasteiger partial charge in [-0.2, -0.15) is 0 Å². The molecule has 132 valence electrons. The zero-order valence-electron chi connectivity index (χ0n) is 15.0. The van der Waals surface area contributed by atoms with Crippen molar-refractivity contribution in [3.63, 3.8) is 0 Å². The standard InChI is InChI=1S/C15H34N4O2S/c1-7-9-10-11-13(3)18-14(16-8-2)17-12-15(4,5)19-22(6,20)21/h13,19H,7-12H2,1-6H3,(H2,16,17,18). The van der Waals surface area contributed by atoms with Gasteiger partial charge in [0.15, 0.2) is 5.96 Å². The molecule has 22 heavy (non-hydrogen) atoms. The largest absolute Gasteiger partial charge is 0.357 e. The van der Waals surface area contributed by atoms with E-state index in [1.807, 2.05) is 20.8 Å². The minimum absolute atomic E-state index is 0.343. The second-order valence-corrected chi connectivity index (χ2v) is 8.24. The van der Waals surface area contributed by atoms with Crippen LogP contribution in [0.5, 0.6) is 0 Å². The molecule has 0 heterocycles. The van der Waals surface area contributed by atoms with Gasteiger partial charge in [0.05, 0.1) is 12.8 Å². The summed E-state index contributed by atoms with van der Waals surface area (Å²) in [7, 11) is -3.24. The third kappa shape index (κ3) is 11.8. The summed E-state index contributed by atoms with van der Waals surface area (Å²) in [6, 6.07) is 0.343. The molecule has 0 aliphatic heterocycles. The molecule has 0 amide bonds. The van der Waals surface area contributed by atoms with Gasteiger partial charge in [-0.25, -0.2) is 13.1 Å². The van der Waals surface area contributed by atoms with E-state index < -0.39 is 15.6 Å². The summed E-state index contributed by atoms with van der Waals surface area (Å²) in [6.45, 7) is 11.1. The fraction of sp³-hybridized carbons (Fsp3) is 0.933. The number of unbranched alkanes of at least 4 members (excludes halogenated alkanes) is 2. The quantitative estimate of drug-likeness (QED) is 0.323. The van der Waals surface area contributed by atoms with Crippen LogP contribution in [0.15, 0.2) is 4.99 Å². The zero-order chi connectivity index (χ0) is 17.2. The summed E-state index contributed by atoms with van der Waals surface area (Å²) in [5, 5.41) is 6.57. The molecule has 0 aromatic heterocycles. The summed E-state index contributed by atoms with van der Waals surface area (Å²) in [4.78, 5) is 4.51. The monoisotopic (exact) mass is 334 g/mol. The van der Waals surface area contributed by atoms with E-state index in [2.05, 4.69) is 34.2 Å². The fourth-order valence-electron chi connectivity index (χ4n) is 2.14. The lowest BCUT2D eigenvalue weighted by Gasteiger charge is -2.24. The van der Waals surface area contributed by atoms with Crippen LogP contribution in [0.2, 0.25) is 0 Å². The summed E-state index contributed by atoms with van der Waals surface area (Å²) in [5.74, 6) is 0.731. The Balaban J connectivity index is 4.59. The van der Waals surface area contributed by atoms with Gasteiger partial charge in [0.25, 0.3) is 0 Å². The molecular formula is C15H34N4O2S. The molecule has 0 bridgehead atoms. The van der Waals surface area contributed by atoms with Gasteiger partial charge < -0.3 is 10.6 Å². The second-order valence-electron chi connectivity index (χ2n) is 6.49. The maximum Gasteiger partial charge on any atom is 0.209 e. The molecule has 0 radical (unpaired) electrons. The first-order valence-corrected chi connectivity index (χ1v) is 10.0. The Hall–Kier alpha value is -0.820. The van der Waals surface area contributed by atoms with E-state index in [0.29, 0.717) is 12.6 Å². The normalized spacial score (nSPS) is 14.7. The highest BCUT2D eigenvalue weighted by Gasteiger charge is 2.22. The lowest BCUT2D eigenvalue weighted by atomic mass is 10.1. The molecule has 0 saturated heterocycles. The molecule has 0 aliphatic rings. The summed E-state index contributed by atoms with van der Waals surface area (Å²) >= 11 is 0. The van der Waals surface area contributed by atoms with Crippen LogP contribution in [0.25, 0.3) is 0 Å². The van der Waals surface area contributed by atoms with Crippen LogP contribution in [0, 0.1) is 0 Å². The molecule has 1 atom stereocenters. The molecule has 6 nitrogen and oxygen atoms in total. The molecule has 0 rings (SSSR count). The number of sulfonamides is 1. The molecule has 0 spiro atoms. The van der Waals surface area contributed by atoms with E-state index in [0.717, 1.165) is 25.2 Å². The minimum Gasteiger partial charge on any atom is -0.357 e. The highest BCUT2D eigenvalue weighted by atomic mass is 32.2. The molecular weight excluding hydrogens is 300 g/mol. The maximum absolute atomic E-state index is 11.4. The van der Waals surface area contributed by atoms with Crippen molar-refractivity contribution in [2.75, 3.05) is 19.3 Å². The van der Waals surface area contributed by atoms with Gasteiger partial charge in [-0.3, -0.25) is 4.99 Å².